The molecule has 2 N–H and O–H groups in total. The summed E-state index contributed by atoms with van der Waals surface area (Å²) >= 11 is 0. The summed E-state index contributed by atoms with van der Waals surface area (Å²) in [5, 5.41) is 0. The van der Waals surface area contributed by atoms with Crippen LogP contribution in [0.15, 0.2) is 0 Å². The van der Waals surface area contributed by atoms with Crippen molar-refractivity contribution in [3.63, 3.8) is 0 Å². The van der Waals surface area contributed by atoms with Crippen molar-refractivity contribution in [2.45, 2.75) is 25.0 Å². The molecule has 0 aromatic carbocycles. The second-order valence-electron chi connectivity index (χ2n) is 4.43. The number of carbonyl (C=O) groups is 1. The standard InChI is InChI=1S/C9H18N2O3S.ClH/c1-9(2)7-11(8(12)3-4-10)5-6-15(9,13)14;/h3-7,10H2,1-2H3;1H. The van der Waals surface area contributed by atoms with E-state index < -0.39 is 14.6 Å². The summed E-state index contributed by atoms with van der Waals surface area (Å²) in [6.07, 6.45) is 0.288. The van der Waals surface area contributed by atoms with Crippen molar-refractivity contribution in [3.8, 4) is 0 Å². The van der Waals surface area contributed by atoms with Gasteiger partial charge in [0.1, 0.15) is 0 Å². The van der Waals surface area contributed by atoms with Gasteiger partial charge in [0.05, 0.1) is 10.5 Å². The van der Waals surface area contributed by atoms with E-state index in [1.165, 1.54) is 0 Å². The Hall–Kier alpha value is -0.330. The van der Waals surface area contributed by atoms with E-state index in [1.54, 1.807) is 18.7 Å². The lowest BCUT2D eigenvalue weighted by atomic mass is 10.2. The Bertz CT molecular complexity index is 354. The van der Waals surface area contributed by atoms with Gasteiger partial charge in [-0.05, 0) is 13.8 Å². The van der Waals surface area contributed by atoms with Crippen LogP contribution >= 0.6 is 12.4 Å². The number of nitrogens with zero attached hydrogens (tertiary/aromatic N) is 1. The number of amides is 1. The summed E-state index contributed by atoms with van der Waals surface area (Å²) < 4.78 is 22.5. The molecule has 0 aromatic heterocycles. The van der Waals surface area contributed by atoms with Crippen molar-refractivity contribution in [1.82, 2.24) is 4.90 Å². The highest BCUT2D eigenvalue weighted by molar-refractivity contribution is 7.92. The fourth-order valence-corrected chi connectivity index (χ4v) is 3.00. The van der Waals surface area contributed by atoms with Crippen molar-refractivity contribution < 1.29 is 13.2 Å². The maximum atomic E-state index is 11.7. The average molecular weight is 271 g/mol. The quantitative estimate of drug-likeness (QED) is 0.753. The molecule has 0 radical (unpaired) electrons. The fourth-order valence-electron chi connectivity index (χ4n) is 1.64. The van der Waals surface area contributed by atoms with Crippen molar-refractivity contribution in [2.24, 2.45) is 5.73 Å². The van der Waals surface area contributed by atoms with Gasteiger partial charge in [-0.3, -0.25) is 4.79 Å². The lowest BCUT2D eigenvalue weighted by molar-refractivity contribution is -0.131. The Balaban J connectivity index is 0.00000225. The topological polar surface area (TPSA) is 80.5 Å². The van der Waals surface area contributed by atoms with Crippen molar-refractivity contribution in [3.05, 3.63) is 0 Å². The van der Waals surface area contributed by atoms with Crippen LogP contribution in [0.5, 0.6) is 0 Å². The number of halogens is 1. The molecule has 0 atom stereocenters. The first-order valence-corrected chi connectivity index (χ1v) is 6.65. The van der Waals surface area contributed by atoms with Crippen LogP contribution < -0.4 is 5.73 Å². The zero-order valence-corrected chi connectivity index (χ0v) is 11.2. The summed E-state index contributed by atoms with van der Waals surface area (Å²) in [7, 11) is -3.07. The minimum absolute atomic E-state index is 0. The predicted octanol–water partition coefficient (Wildman–Crippen LogP) is -0.207. The van der Waals surface area contributed by atoms with Gasteiger partial charge in [-0.1, -0.05) is 0 Å². The van der Waals surface area contributed by atoms with Crippen molar-refractivity contribution in [1.29, 1.82) is 0 Å². The number of hydrogen-bond acceptors (Lipinski definition) is 4. The third-order valence-electron chi connectivity index (χ3n) is 2.75. The molecule has 16 heavy (non-hydrogen) atoms. The van der Waals surface area contributed by atoms with Gasteiger partial charge in [0, 0.05) is 26.1 Å². The number of carbonyl (C=O) groups excluding carboxylic acids is 1. The highest BCUT2D eigenvalue weighted by Gasteiger charge is 2.41. The van der Waals surface area contributed by atoms with Gasteiger partial charge in [-0.2, -0.15) is 0 Å². The van der Waals surface area contributed by atoms with Crippen molar-refractivity contribution >= 4 is 28.2 Å². The first kappa shape index (κ1) is 15.7. The highest BCUT2D eigenvalue weighted by Crippen LogP contribution is 2.23. The zero-order valence-electron chi connectivity index (χ0n) is 9.60. The van der Waals surface area contributed by atoms with Gasteiger partial charge < -0.3 is 10.6 Å². The van der Waals surface area contributed by atoms with Gasteiger partial charge in [-0.15, -0.1) is 12.4 Å². The third-order valence-corrected chi connectivity index (χ3v) is 5.29. The molecular weight excluding hydrogens is 252 g/mol. The van der Waals surface area contributed by atoms with Gasteiger partial charge in [0.25, 0.3) is 0 Å². The molecule has 0 aromatic rings. The molecule has 1 heterocycles. The van der Waals surface area contributed by atoms with Crippen LogP contribution in [0.3, 0.4) is 0 Å². The van der Waals surface area contributed by atoms with E-state index in [4.69, 9.17) is 5.73 Å². The van der Waals surface area contributed by atoms with Gasteiger partial charge in [0.2, 0.25) is 5.91 Å². The molecule has 1 fully saturated rings. The molecule has 0 saturated carbocycles. The molecule has 1 aliphatic heterocycles. The molecule has 0 bridgehead atoms. The molecule has 96 valence electrons. The smallest absolute Gasteiger partial charge is 0.223 e. The van der Waals surface area contributed by atoms with E-state index in [-0.39, 0.29) is 37.0 Å². The lowest BCUT2D eigenvalue weighted by Gasteiger charge is -2.37. The van der Waals surface area contributed by atoms with Gasteiger partial charge >= 0.3 is 0 Å². The molecule has 0 unspecified atom stereocenters. The number of nitrogens with two attached hydrogens (primary N) is 1. The van der Waals surface area contributed by atoms with Gasteiger partial charge in [-0.25, -0.2) is 8.42 Å². The average Bonchev–Trinajstić information content (AvgIpc) is 2.10. The Labute approximate surface area is 103 Å². The first-order valence-electron chi connectivity index (χ1n) is 5.00. The zero-order chi connectivity index (χ0) is 11.7. The minimum Gasteiger partial charge on any atom is -0.340 e. The summed E-state index contributed by atoms with van der Waals surface area (Å²) in [6.45, 7) is 4.19. The molecule has 0 aliphatic carbocycles. The second kappa shape index (κ2) is 5.33. The largest absolute Gasteiger partial charge is 0.340 e. The van der Waals surface area contributed by atoms with Crippen LogP contribution in [-0.2, 0) is 14.6 Å². The van der Waals surface area contributed by atoms with E-state index in [0.29, 0.717) is 13.1 Å². The number of sulfone groups is 1. The molecular formula is C9H19ClN2O3S. The van der Waals surface area contributed by atoms with E-state index in [9.17, 15) is 13.2 Å². The van der Waals surface area contributed by atoms with Crippen LogP contribution in [0.2, 0.25) is 0 Å². The normalized spacial score (nSPS) is 22.3. The maximum Gasteiger partial charge on any atom is 0.223 e. The summed E-state index contributed by atoms with van der Waals surface area (Å²) in [6, 6.07) is 0. The van der Waals surface area contributed by atoms with E-state index in [0.717, 1.165) is 0 Å². The first-order chi connectivity index (χ1) is 6.80. The Morgan fingerprint density at radius 3 is 2.44 bits per heavy atom. The number of hydrogen-bond donors (Lipinski definition) is 1. The van der Waals surface area contributed by atoms with Crippen molar-refractivity contribution in [2.75, 3.05) is 25.4 Å². The van der Waals surface area contributed by atoms with E-state index >= 15 is 0 Å². The highest BCUT2D eigenvalue weighted by atomic mass is 35.5. The minimum atomic E-state index is -3.07. The summed E-state index contributed by atoms with van der Waals surface area (Å²) in [5.74, 6) is -0.00322. The maximum absolute atomic E-state index is 11.7. The number of rotatable bonds is 2. The molecule has 1 rings (SSSR count). The van der Waals surface area contributed by atoms with E-state index in [1.807, 2.05) is 0 Å². The molecule has 5 nitrogen and oxygen atoms in total. The van der Waals surface area contributed by atoms with Crippen LogP contribution in [0, 0.1) is 0 Å². The van der Waals surface area contributed by atoms with Gasteiger partial charge in [0.15, 0.2) is 9.84 Å². The fraction of sp³-hybridized carbons (Fsp3) is 0.889. The summed E-state index contributed by atoms with van der Waals surface area (Å²) in [4.78, 5) is 13.1. The Morgan fingerprint density at radius 1 is 1.44 bits per heavy atom. The van der Waals surface area contributed by atoms with Crippen LogP contribution in [0.1, 0.15) is 20.3 Å². The van der Waals surface area contributed by atoms with Crippen LogP contribution in [0.25, 0.3) is 0 Å². The molecule has 0 spiro atoms. The summed E-state index contributed by atoms with van der Waals surface area (Å²) in [5.41, 5.74) is 5.29. The van der Waals surface area contributed by atoms with E-state index in [2.05, 4.69) is 0 Å². The lowest BCUT2D eigenvalue weighted by Crippen LogP contribution is -2.54. The predicted molar refractivity (Wildman–Crippen MR) is 65.4 cm³/mol. The molecule has 1 saturated heterocycles. The molecule has 1 aliphatic rings. The Morgan fingerprint density at radius 2 is 2.00 bits per heavy atom. The van der Waals surface area contributed by atoms with Crippen LogP contribution in [0.4, 0.5) is 0 Å². The third kappa shape index (κ3) is 3.09. The Kier molecular flexibility index (Phi) is 5.22. The monoisotopic (exact) mass is 270 g/mol. The van der Waals surface area contributed by atoms with Crippen LogP contribution in [-0.4, -0.2) is 49.4 Å². The second-order valence-corrected chi connectivity index (χ2v) is 7.18. The molecule has 1 amide bonds. The molecule has 7 heteroatoms. The SMILES string of the molecule is CC1(C)CN(C(=O)CCN)CCS1(=O)=O.Cl.